The van der Waals surface area contributed by atoms with Gasteiger partial charge in [0.15, 0.2) is 0 Å². The minimum absolute atomic E-state index is 0.135. The van der Waals surface area contributed by atoms with Crippen molar-refractivity contribution in [1.29, 1.82) is 0 Å². The summed E-state index contributed by atoms with van der Waals surface area (Å²) in [7, 11) is -4.34. The van der Waals surface area contributed by atoms with Gasteiger partial charge in [0, 0.05) is 0 Å². The second-order valence-corrected chi connectivity index (χ2v) is 15.6. The van der Waals surface area contributed by atoms with Crippen LogP contribution in [-0.4, -0.2) is 19.6 Å². The van der Waals surface area contributed by atoms with Crippen molar-refractivity contribution in [2.45, 2.75) is 245 Å². The average molecular weight is 659 g/mol. The molecule has 0 heterocycles. The van der Waals surface area contributed by atoms with E-state index in [9.17, 15) is 8.42 Å². The Balaban J connectivity index is 3.63. The Morgan fingerprint density at radius 3 is 0.778 bits per heavy atom. The van der Waals surface area contributed by atoms with Crippen molar-refractivity contribution < 1.29 is 17.2 Å². The highest BCUT2D eigenvalue weighted by atomic mass is 32.3. The van der Waals surface area contributed by atoms with E-state index < -0.39 is 10.4 Å². The van der Waals surface area contributed by atoms with Gasteiger partial charge in [-0.25, -0.2) is 4.18 Å². The zero-order chi connectivity index (χ0) is 32.9. The molecule has 0 aromatic rings. The average Bonchev–Trinajstić information content (AvgIpc) is 3.02. The SMILES string of the molecule is CCCCCCCCCCCCCCCCCCCCC(CCCCCCCCCCCCCCCCCC)COS(=O)(=O)O. The molecule has 0 aliphatic heterocycles. The Labute approximate surface area is 284 Å². The van der Waals surface area contributed by atoms with Crippen molar-refractivity contribution >= 4 is 10.4 Å². The lowest BCUT2D eigenvalue weighted by molar-refractivity contribution is 0.204. The van der Waals surface area contributed by atoms with E-state index in [2.05, 4.69) is 13.8 Å². The van der Waals surface area contributed by atoms with Crippen molar-refractivity contribution in [3.05, 3.63) is 0 Å². The Morgan fingerprint density at radius 2 is 0.578 bits per heavy atom. The molecular formula is C40H82O4S. The van der Waals surface area contributed by atoms with E-state index in [4.69, 9.17) is 8.74 Å². The van der Waals surface area contributed by atoms with Crippen LogP contribution in [0.15, 0.2) is 0 Å². The third kappa shape index (κ3) is 40.0. The van der Waals surface area contributed by atoms with Crippen LogP contribution in [0.1, 0.15) is 245 Å². The molecule has 272 valence electrons. The molecule has 0 aromatic heterocycles. The van der Waals surface area contributed by atoms with E-state index in [1.165, 1.54) is 205 Å². The highest BCUT2D eigenvalue weighted by molar-refractivity contribution is 7.80. The summed E-state index contributed by atoms with van der Waals surface area (Å²) >= 11 is 0. The maximum absolute atomic E-state index is 11.1. The van der Waals surface area contributed by atoms with Crippen LogP contribution in [0.2, 0.25) is 0 Å². The molecule has 0 saturated heterocycles. The molecule has 0 fully saturated rings. The summed E-state index contributed by atoms with van der Waals surface area (Å²) in [5.74, 6) is 0.236. The summed E-state index contributed by atoms with van der Waals surface area (Å²) in [4.78, 5) is 0. The highest BCUT2D eigenvalue weighted by Gasteiger charge is 2.13. The van der Waals surface area contributed by atoms with Crippen LogP contribution in [0.4, 0.5) is 0 Å². The van der Waals surface area contributed by atoms with Crippen LogP contribution in [0.5, 0.6) is 0 Å². The van der Waals surface area contributed by atoms with Crippen LogP contribution in [0.3, 0.4) is 0 Å². The predicted molar refractivity (Wildman–Crippen MR) is 199 cm³/mol. The van der Waals surface area contributed by atoms with Crippen molar-refractivity contribution in [3.63, 3.8) is 0 Å². The van der Waals surface area contributed by atoms with Gasteiger partial charge in [-0.15, -0.1) is 0 Å². The molecule has 5 heteroatoms. The number of hydrogen-bond acceptors (Lipinski definition) is 3. The van der Waals surface area contributed by atoms with Gasteiger partial charge in [0.05, 0.1) is 6.61 Å². The molecule has 4 nitrogen and oxygen atoms in total. The van der Waals surface area contributed by atoms with E-state index in [0.717, 1.165) is 25.7 Å². The van der Waals surface area contributed by atoms with Crippen LogP contribution in [0.25, 0.3) is 0 Å². The topological polar surface area (TPSA) is 63.6 Å². The smallest absolute Gasteiger partial charge is 0.264 e. The fraction of sp³-hybridized carbons (Fsp3) is 1.00. The molecule has 45 heavy (non-hydrogen) atoms. The molecule has 0 aliphatic carbocycles. The molecule has 0 amide bonds. The monoisotopic (exact) mass is 659 g/mol. The minimum atomic E-state index is -4.34. The summed E-state index contributed by atoms with van der Waals surface area (Å²) in [5, 5.41) is 0. The molecule has 1 unspecified atom stereocenters. The first kappa shape index (κ1) is 44.9. The fourth-order valence-corrected chi connectivity index (χ4v) is 7.17. The molecule has 1 atom stereocenters. The van der Waals surface area contributed by atoms with Crippen LogP contribution in [0, 0.1) is 5.92 Å². The van der Waals surface area contributed by atoms with Gasteiger partial charge in [0.1, 0.15) is 0 Å². The standard InChI is InChI=1S/C40H82O4S/c1-3-5-7-9-11-13-15-17-19-21-22-24-26-28-30-32-34-36-38-40(39-44-45(41,42)43)37-35-33-31-29-27-25-23-20-18-16-14-12-10-8-6-4-2/h40H,3-39H2,1-2H3,(H,41,42,43). The van der Waals surface area contributed by atoms with Crippen LogP contribution in [-0.2, 0) is 14.6 Å². The van der Waals surface area contributed by atoms with Gasteiger partial charge in [-0.1, -0.05) is 232 Å². The summed E-state index contributed by atoms with van der Waals surface area (Å²) in [5.41, 5.74) is 0. The zero-order valence-corrected chi connectivity index (χ0v) is 31.6. The van der Waals surface area contributed by atoms with E-state index in [-0.39, 0.29) is 12.5 Å². The van der Waals surface area contributed by atoms with Gasteiger partial charge >= 0.3 is 10.4 Å². The first-order valence-corrected chi connectivity index (χ1v) is 22.0. The number of hydrogen-bond donors (Lipinski definition) is 1. The highest BCUT2D eigenvalue weighted by Crippen LogP contribution is 2.21. The van der Waals surface area contributed by atoms with Crippen LogP contribution >= 0.6 is 0 Å². The van der Waals surface area contributed by atoms with Gasteiger partial charge in [-0.2, -0.15) is 8.42 Å². The Morgan fingerprint density at radius 1 is 0.378 bits per heavy atom. The predicted octanol–water partition coefficient (Wildman–Crippen LogP) is 14.5. The number of rotatable bonds is 39. The summed E-state index contributed by atoms with van der Waals surface area (Å²) < 4.78 is 36.1. The molecule has 0 spiro atoms. The lowest BCUT2D eigenvalue weighted by atomic mass is 9.94. The molecule has 0 aliphatic rings. The van der Waals surface area contributed by atoms with Crippen LogP contribution < -0.4 is 0 Å². The largest absolute Gasteiger partial charge is 0.397 e. The lowest BCUT2D eigenvalue weighted by Crippen LogP contribution is -2.14. The molecule has 1 N–H and O–H groups in total. The fourth-order valence-electron chi connectivity index (χ4n) is 6.81. The quantitative estimate of drug-likeness (QED) is 0.0527. The van der Waals surface area contributed by atoms with E-state index in [0.29, 0.717) is 0 Å². The molecule has 0 rings (SSSR count). The summed E-state index contributed by atoms with van der Waals surface area (Å²) in [6, 6.07) is 0. The van der Waals surface area contributed by atoms with Gasteiger partial charge in [0.25, 0.3) is 0 Å². The Hall–Kier alpha value is -0.130. The first-order chi connectivity index (χ1) is 22.0. The molecular weight excluding hydrogens is 577 g/mol. The zero-order valence-electron chi connectivity index (χ0n) is 30.8. The number of unbranched alkanes of at least 4 members (excludes halogenated alkanes) is 32. The van der Waals surface area contributed by atoms with Crippen molar-refractivity contribution in [2.75, 3.05) is 6.61 Å². The van der Waals surface area contributed by atoms with E-state index >= 15 is 0 Å². The maximum Gasteiger partial charge on any atom is 0.397 e. The molecule has 0 saturated carbocycles. The summed E-state index contributed by atoms with van der Waals surface area (Å²) in [6.07, 6.45) is 48.5. The molecule has 0 bridgehead atoms. The van der Waals surface area contributed by atoms with Crippen molar-refractivity contribution in [2.24, 2.45) is 5.92 Å². The van der Waals surface area contributed by atoms with Crippen molar-refractivity contribution in [1.82, 2.24) is 0 Å². The third-order valence-electron chi connectivity index (χ3n) is 9.88. The van der Waals surface area contributed by atoms with E-state index in [1.807, 2.05) is 0 Å². The summed E-state index contributed by atoms with van der Waals surface area (Å²) in [6.45, 7) is 4.71. The Kier molecular flexibility index (Phi) is 36.6. The Bertz CT molecular complexity index is 651. The van der Waals surface area contributed by atoms with Gasteiger partial charge in [-0.3, -0.25) is 4.55 Å². The first-order valence-electron chi connectivity index (χ1n) is 20.6. The second kappa shape index (κ2) is 36.7. The van der Waals surface area contributed by atoms with Gasteiger partial charge in [0.2, 0.25) is 0 Å². The third-order valence-corrected chi connectivity index (χ3v) is 10.3. The normalized spacial score (nSPS) is 12.7. The van der Waals surface area contributed by atoms with Gasteiger partial charge in [-0.05, 0) is 18.8 Å². The van der Waals surface area contributed by atoms with Gasteiger partial charge < -0.3 is 0 Å². The minimum Gasteiger partial charge on any atom is -0.264 e. The van der Waals surface area contributed by atoms with Crippen molar-refractivity contribution in [3.8, 4) is 0 Å². The lowest BCUT2D eigenvalue weighted by Gasteiger charge is -2.16. The van der Waals surface area contributed by atoms with E-state index in [1.54, 1.807) is 0 Å². The maximum atomic E-state index is 11.1. The molecule has 0 radical (unpaired) electrons. The second-order valence-electron chi connectivity index (χ2n) is 14.5. The molecule has 0 aromatic carbocycles.